The first-order valence-electron chi connectivity index (χ1n) is 12.0. The predicted molar refractivity (Wildman–Crippen MR) is 122 cm³/mol. The molecule has 0 aliphatic heterocycles. The van der Waals surface area contributed by atoms with E-state index < -0.39 is 10.1 Å². The summed E-state index contributed by atoms with van der Waals surface area (Å²) in [6.07, 6.45) is 21.7. The Balaban J connectivity index is 0.00000841. The molecular weight excluding hydrogens is 403 g/mol. The summed E-state index contributed by atoms with van der Waals surface area (Å²) < 4.78 is 33.0. The number of hydrogen-bond donors (Lipinski definition) is 0. The summed E-state index contributed by atoms with van der Waals surface area (Å²) in [7, 11) is -4.34. The molecule has 5 heteroatoms. The fourth-order valence-corrected chi connectivity index (χ4v) is 4.42. The van der Waals surface area contributed by atoms with Crippen molar-refractivity contribution >= 4 is 10.1 Å². The second-order valence-electron chi connectivity index (χ2n) is 8.66. The van der Waals surface area contributed by atoms with Gasteiger partial charge in [-0.15, -0.1) is 0 Å². The van der Waals surface area contributed by atoms with Crippen molar-refractivity contribution in [3.8, 4) is 0 Å². The van der Waals surface area contributed by atoms with E-state index in [1.54, 1.807) is 12.1 Å². The Bertz CT molecular complexity index is 614. The summed E-state index contributed by atoms with van der Waals surface area (Å²) in [5.41, 5.74) is 1.11. The Morgan fingerprint density at radius 1 is 0.700 bits per heavy atom. The molecule has 0 amide bonds. The van der Waals surface area contributed by atoms with Gasteiger partial charge in [0.15, 0.2) is 0 Å². The Morgan fingerprint density at radius 2 is 1.07 bits per heavy atom. The molecule has 0 spiro atoms. The van der Waals surface area contributed by atoms with Gasteiger partial charge in [0.25, 0.3) is 0 Å². The molecule has 0 heterocycles. The molecular formula is C25H43NaO3S. The molecule has 168 valence electrons. The van der Waals surface area contributed by atoms with Crippen LogP contribution in [0.1, 0.15) is 128 Å². The Morgan fingerprint density at radius 3 is 1.43 bits per heavy atom. The van der Waals surface area contributed by atoms with Crippen LogP contribution in [0.4, 0.5) is 0 Å². The molecule has 1 aromatic carbocycles. The van der Waals surface area contributed by atoms with Gasteiger partial charge in [0.1, 0.15) is 10.1 Å². The van der Waals surface area contributed by atoms with Crippen LogP contribution in [0, 0.1) is 0 Å². The third-order valence-electron chi connectivity index (χ3n) is 5.98. The average Bonchev–Trinajstić information content (AvgIpc) is 2.70. The van der Waals surface area contributed by atoms with E-state index in [0.29, 0.717) is 5.92 Å². The van der Waals surface area contributed by atoms with Gasteiger partial charge in [-0.2, -0.15) is 0 Å². The first kappa shape index (κ1) is 30.1. The van der Waals surface area contributed by atoms with Crippen LogP contribution in [0.15, 0.2) is 29.2 Å². The van der Waals surface area contributed by atoms with E-state index in [2.05, 4.69) is 13.8 Å². The molecule has 3 nitrogen and oxygen atoms in total. The van der Waals surface area contributed by atoms with Crippen molar-refractivity contribution in [2.45, 2.75) is 127 Å². The standard InChI is InChI=1S/C25H44O3S.Na/c1-3-4-5-6-7-8-9-10-11-12-13-14-15-16-17-18-23(2)24-19-21-25(22-20-24)29(26,27)28;/h19-23H,3-18H2,1-2H3,(H,26,27,28);/q;+1/p-1. The molecule has 0 aliphatic rings. The summed E-state index contributed by atoms with van der Waals surface area (Å²) in [6.45, 7) is 4.44. The van der Waals surface area contributed by atoms with Crippen LogP contribution in [0.2, 0.25) is 0 Å². The number of rotatable bonds is 18. The molecule has 0 saturated heterocycles. The van der Waals surface area contributed by atoms with Gasteiger partial charge < -0.3 is 4.55 Å². The van der Waals surface area contributed by atoms with E-state index in [4.69, 9.17) is 0 Å². The number of hydrogen-bond acceptors (Lipinski definition) is 3. The van der Waals surface area contributed by atoms with E-state index in [1.165, 1.54) is 108 Å². The first-order chi connectivity index (χ1) is 13.9. The summed E-state index contributed by atoms with van der Waals surface area (Å²) in [6, 6.07) is 6.42. The zero-order chi connectivity index (χ0) is 21.4. The van der Waals surface area contributed by atoms with Crippen LogP contribution in [0.5, 0.6) is 0 Å². The van der Waals surface area contributed by atoms with Gasteiger partial charge in [-0.1, -0.05) is 122 Å². The molecule has 1 aromatic rings. The summed E-state index contributed by atoms with van der Waals surface area (Å²) in [4.78, 5) is -0.138. The van der Waals surface area contributed by atoms with Crippen molar-refractivity contribution in [3.63, 3.8) is 0 Å². The van der Waals surface area contributed by atoms with Crippen LogP contribution in [0.25, 0.3) is 0 Å². The van der Waals surface area contributed by atoms with Crippen molar-refractivity contribution in [2.24, 2.45) is 0 Å². The number of unbranched alkanes of at least 4 members (excludes halogenated alkanes) is 14. The topological polar surface area (TPSA) is 57.2 Å². The maximum absolute atomic E-state index is 11.0. The zero-order valence-electron chi connectivity index (χ0n) is 19.8. The fourth-order valence-electron chi connectivity index (χ4n) is 3.95. The van der Waals surface area contributed by atoms with Gasteiger partial charge in [-0.05, 0) is 30.0 Å². The quantitative estimate of drug-likeness (QED) is 0.182. The molecule has 0 aliphatic carbocycles. The van der Waals surface area contributed by atoms with Gasteiger partial charge in [-0.3, -0.25) is 0 Å². The molecule has 0 bridgehead atoms. The Hall–Kier alpha value is 0.130. The van der Waals surface area contributed by atoms with Crippen molar-refractivity contribution in [1.29, 1.82) is 0 Å². The average molecular weight is 447 g/mol. The van der Waals surface area contributed by atoms with Crippen LogP contribution in [-0.4, -0.2) is 13.0 Å². The first-order valence-corrected chi connectivity index (χ1v) is 13.4. The summed E-state index contributed by atoms with van der Waals surface area (Å²) in [5.74, 6) is 0.403. The van der Waals surface area contributed by atoms with E-state index in [1.807, 2.05) is 0 Å². The van der Waals surface area contributed by atoms with Crippen LogP contribution in [0.3, 0.4) is 0 Å². The van der Waals surface area contributed by atoms with Gasteiger partial charge in [-0.25, -0.2) is 8.42 Å². The van der Waals surface area contributed by atoms with Gasteiger partial charge in [0.05, 0.1) is 4.90 Å². The second kappa shape index (κ2) is 18.7. The van der Waals surface area contributed by atoms with E-state index in [0.717, 1.165) is 12.0 Å². The van der Waals surface area contributed by atoms with Crippen molar-refractivity contribution in [2.75, 3.05) is 0 Å². The molecule has 0 fully saturated rings. The predicted octanol–water partition coefficient (Wildman–Crippen LogP) is 4.96. The van der Waals surface area contributed by atoms with Crippen LogP contribution < -0.4 is 29.6 Å². The van der Waals surface area contributed by atoms with Crippen molar-refractivity contribution in [3.05, 3.63) is 29.8 Å². The van der Waals surface area contributed by atoms with Gasteiger partial charge in [0.2, 0.25) is 0 Å². The fraction of sp³-hybridized carbons (Fsp3) is 0.760. The minimum absolute atomic E-state index is 0. The molecule has 0 aromatic heterocycles. The van der Waals surface area contributed by atoms with Crippen molar-refractivity contribution < 1.29 is 42.5 Å². The van der Waals surface area contributed by atoms with E-state index >= 15 is 0 Å². The second-order valence-corrected chi connectivity index (χ2v) is 10.0. The molecule has 1 atom stereocenters. The van der Waals surface area contributed by atoms with E-state index in [-0.39, 0.29) is 34.5 Å². The summed E-state index contributed by atoms with van der Waals surface area (Å²) in [5, 5.41) is 0. The van der Waals surface area contributed by atoms with Crippen molar-refractivity contribution in [1.82, 2.24) is 0 Å². The molecule has 1 unspecified atom stereocenters. The molecule has 0 N–H and O–H groups in total. The van der Waals surface area contributed by atoms with Crippen LogP contribution >= 0.6 is 0 Å². The Kier molecular flexibility index (Phi) is 18.8. The third-order valence-corrected chi connectivity index (χ3v) is 6.83. The molecule has 0 radical (unpaired) electrons. The molecule has 1 rings (SSSR count). The normalized spacial score (nSPS) is 12.5. The van der Waals surface area contributed by atoms with Gasteiger partial charge in [0, 0.05) is 0 Å². The molecule has 30 heavy (non-hydrogen) atoms. The summed E-state index contributed by atoms with van der Waals surface area (Å²) >= 11 is 0. The third kappa shape index (κ3) is 15.0. The monoisotopic (exact) mass is 446 g/mol. The zero-order valence-corrected chi connectivity index (χ0v) is 22.6. The van der Waals surface area contributed by atoms with Gasteiger partial charge >= 0.3 is 29.6 Å². The maximum Gasteiger partial charge on any atom is 1.00 e. The Labute approximate surface area is 208 Å². The minimum Gasteiger partial charge on any atom is -0.744 e. The van der Waals surface area contributed by atoms with E-state index in [9.17, 15) is 13.0 Å². The maximum atomic E-state index is 11.0. The smallest absolute Gasteiger partial charge is 0.744 e. The largest absolute Gasteiger partial charge is 1.00 e. The molecule has 0 saturated carbocycles. The minimum atomic E-state index is -4.34. The van der Waals surface area contributed by atoms with Crippen LogP contribution in [-0.2, 0) is 10.1 Å². The SMILES string of the molecule is CCCCCCCCCCCCCCCCCC(C)c1ccc(S(=O)(=O)[O-])cc1.[Na+]. The number of benzene rings is 1.